The smallest absolute Gasteiger partial charge is 0.268 e. The zero-order valence-electron chi connectivity index (χ0n) is 16.6. The summed E-state index contributed by atoms with van der Waals surface area (Å²) in [5, 5.41) is 20.7. The molecule has 2 rings (SSSR count). The lowest BCUT2D eigenvalue weighted by atomic mass is 10.1. The summed E-state index contributed by atoms with van der Waals surface area (Å²) in [5.74, 6) is 4.81. The highest BCUT2D eigenvalue weighted by Gasteiger charge is 2.25. The van der Waals surface area contributed by atoms with Crippen molar-refractivity contribution < 1.29 is 19.9 Å². The summed E-state index contributed by atoms with van der Waals surface area (Å²) in [6, 6.07) is 13.3. The number of rotatable bonds is 6. The van der Waals surface area contributed by atoms with Crippen molar-refractivity contribution in [1.82, 2.24) is 15.7 Å². The van der Waals surface area contributed by atoms with Gasteiger partial charge < -0.3 is 15.3 Å². The molecule has 0 radical (unpaired) electrons. The number of nitrogens with zero attached hydrogens (tertiary/aromatic N) is 1. The highest BCUT2D eigenvalue weighted by atomic mass is 16.5. The predicted octanol–water partition coefficient (Wildman–Crippen LogP) is 1.13. The molecule has 7 nitrogen and oxygen atoms in total. The maximum atomic E-state index is 12.3. The molecular weight excluding hydrogens is 370 g/mol. The van der Waals surface area contributed by atoms with E-state index in [2.05, 4.69) is 22.1 Å². The van der Waals surface area contributed by atoms with E-state index >= 15 is 0 Å². The van der Waals surface area contributed by atoms with Crippen LogP contribution in [0.5, 0.6) is 0 Å². The van der Waals surface area contributed by atoms with Gasteiger partial charge in [0.25, 0.3) is 11.8 Å². The Morgan fingerprint density at radius 1 is 1.07 bits per heavy atom. The lowest BCUT2D eigenvalue weighted by Crippen LogP contribution is -2.51. The second kappa shape index (κ2) is 10.4. The van der Waals surface area contributed by atoms with E-state index in [1.165, 1.54) is 12.4 Å². The summed E-state index contributed by atoms with van der Waals surface area (Å²) in [5.41, 5.74) is 4.54. The standard InChI is InChI=1S/C22H25N3O4/c1-15(26)20(22(28)24-29)23-21(27)18-12-9-16(10-13-18)8-11-17-6-4-5-7-19(17)14-25(2)3/h4-7,9-10,12-13,15,20,26,29H,14H2,1-3H3,(H,23,27)(H,24,28)/t15-,20+/m1/s1. The third-order valence-electron chi connectivity index (χ3n) is 4.15. The van der Waals surface area contributed by atoms with Crippen LogP contribution in [0, 0.1) is 11.8 Å². The van der Waals surface area contributed by atoms with E-state index < -0.39 is 24.0 Å². The minimum Gasteiger partial charge on any atom is -0.391 e. The summed E-state index contributed by atoms with van der Waals surface area (Å²) in [7, 11) is 4.00. The number of carbonyl (C=O) groups is 2. The minimum absolute atomic E-state index is 0.306. The second-order valence-electron chi connectivity index (χ2n) is 6.89. The number of benzene rings is 2. The van der Waals surface area contributed by atoms with E-state index in [1.807, 2.05) is 38.4 Å². The summed E-state index contributed by atoms with van der Waals surface area (Å²) in [6.07, 6.45) is -1.17. The zero-order chi connectivity index (χ0) is 21.4. The first kappa shape index (κ1) is 22.1. The third-order valence-corrected chi connectivity index (χ3v) is 4.15. The third kappa shape index (κ3) is 6.43. The molecule has 29 heavy (non-hydrogen) atoms. The minimum atomic E-state index is -1.26. The van der Waals surface area contributed by atoms with Gasteiger partial charge in [-0.05, 0) is 56.9 Å². The summed E-state index contributed by atoms with van der Waals surface area (Å²) in [6.45, 7) is 2.13. The second-order valence-corrected chi connectivity index (χ2v) is 6.89. The molecule has 0 saturated carbocycles. The van der Waals surface area contributed by atoms with Crippen LogP contribution < -0.4 is 10.8 Å². The molecule has 0 aliphatic rings. The van der Waals surface area contributed by atoms with Gasteiger partial charge in [-0.3, -0.25) is 14.8 Å². The number of hydrogen-bond donors (Lipinski definition) is 4. The SMILES string of the molecule is C[C@@H](O)[C@H](NC(=O)c1ccc(C#Cc2ccccc2CN(C)C)cc1)C(=O)NO. The van der Waals surface area contributed by atoms with Gasteiger partial charge >= 0.3 is 0 Å². The van der Waals surface area contributed by atoms with Crippen molar-refractivity contribution in [2.75, 3.05) is 14.1 Å². The normalized spacial score (nSPS) is 12.5. The molecular formula is C22H25N3O4. The van der Waals surface area contributed by atoms with Crippen LogP contribution >= 0.6 is 0 Å². The van der Waals surface area contributed by atoms with Gasteiger partial charge in [-0.25, -0.2) is 5.48 Å². The van der Waals surface area contributed by atoms with E-state index in [1.54, 1.807) is 24.3 Å². The van der Waals surface area contributed by atoms with Crippen molar-refractivity contribution in [3.8, 4) is 11.8 Å². The Labute approximate surface area is 170 Å². The largest absolute Gasteiger partial charge is 0.391 e. The van der Waals surface area contributed by atoms with E-state index in [-0.39, 0.29) is 0 Å². The summed E-state index contributed by atoms with van der Waals surface area (Å²) < 4.78 is 0. The Morgan fingerprint density at radius 2 is 1.72 bits per heavy atom. The Morgan fingerprint density at radius 3 is 2.31 bits per heavy atom. The van der Waals surface area contributed by atoms with Gasteiger partial charge in [0.05, 0.1) is 6.10 Å². The Balaban J connectivity index is 2.13. The number of amides is 2. The maximum Gasteiger partial charge on any atom is 0.268 e. The van der Waals surface area contributed by atoms with E-state index in [9.17, 15) is 14.7 Å². The first-order valence-corrected chi connectivity index (χ1v) is 9.09. The van der Waals surface area contributed by atoms with Crippen LogP contribution in [0.25, 0.3) is 0 Å². The van der Waals surface area contributed by atoms with Crippen molar-refractivity contribution in [3.63, 3.8) is 0 Å². The van der Waals surface area contributed by atoms with Gasteiger partial charge in [0.1, 0.15) is 6.04 Å². The van der Waals surface area contributed by atoms with Crippen molar-refractivity contribution >= 4 is 11.8 Å². The van der Waals surface area contributed by atoms with Gasteiger partial charge in [-0.15, -0.1) is 0 Å². The maximum absolute atomic E-state index is 12.3. The van der Waals surface area contributed by atoms with Crippen LogP contribution in [-0.4, -0.2) is 53.3 Å². The number of aliphatic hydroxyl groups excluding tert-OH is 1. The van der Waals surface area contributed by atoms with Crippen molar-refractivity contribution in [2.24, 2.45) is 0 Å². The lowest BCUT2D eigenvalue weighted by molar-refractivity contribution is -0.133. The Hall–Kier alpha value is -3.18. The van der Waals surface area contributed by atoms with Crippen molar-refractivity contribution in [3.05, 3.63) is 70.8 Å². The molecule has 4 N–H and O–H groups in total. The molecule has 0 aromatic heterocycles. The highest BCUT2D eigenvalue weighted by molar-refractivity contribution is 5.97. The molecule has 0 heterocycles. The Bertz CT molecular complexity index is 912. The fourth-order valence-electron chi connectivity index (χ4n) is 2.66. The predicted molar refractivity (Wildman–Crippen MR) is 109 cm³/mol. The van der Waals surface area contributed by atoms with Crippen LogP contribution in [0.1, 0.15) is 34.0 Å². The van der Waals surface area contributed by atoms with Crippen molar-refractivity contribution in [2.45, 2.75) is 25.6 Å². The zero-order valence-corrected chi connectivity index (χ0v) is 16.6. The molecule has 2 aromatic carbocycles. The van der Waals surface area contributed by atoms with Crippen LogP contribution in [0.15, 0.2) is 48.5 Å². The molecule has 0 aliphatic carbocycles. The topological polar surface area (TPSA) is 102 Å². The molecule has 2 atom stereocenters. The Kier molecular flexibility index (Phi) is 7.92. The lowest BCUT2D eigenvalue weighted by Gasteiger charge is -2.19. The molecule has 0 aliphatic heterocycles. The number of hydrogen-bond acceptors (Lipinski definition) is 5. The van der Waals surface area contributed by atoms with Crippen LogP contribution in [0.4, 0.5) is 0 Å². The van der Waals surface area contributed by atoms with Gasteiger partial charge in [-0.2, -0.15) is 0 Å². The van der Waals surface area contributed by atoms with Crippen LogP contribution in [-0.2, 0) is 11.3 Å². The fraction of sp³-hybridized carbons (Fsp3) is 0.273. The highest BCUT2D eigenvalue weighted by Crippen LogP contribution is 2.10. The van der Waals surface area contributed by atoms with Gasteiger partial charge in [0.2, 0.25) is 0 Å². The average Bonchev–Trinajstić information content (AvgIpc) is 2.70. The van der Waals surface area contributed by atoms with Gasteiger partial charge in [-0.1, -0.05) is 30.0 Å². The first-order valence-electron chi connectivity index (χ1n) is 9.09. The molecule has 7 heteroatoms. The molecule has 2 amide bonds. The fourth-order valence-corrected chi connectivity index (χ4v) is 2.66. The summed E-state index contributed by atoms with van der Waals surface area (Å²) in [4.78, 5) is 25.9. The average molecular weight is 395 g/mol. The molecule has 152 valence electrons. The quantitative estimate of drug-likeness (QED) is 0.334. The van der Waals surface area contributed by atoms with Crippen LogP contribution in [0.3, 0.4) is 0 Å². The van der Waals surface area contributed by atoms with Gasteiger partial charge in [0.15, 0.2) is 0 Å². The molecule has 0 unspecified atom stereocenters. The van der Waals surface area contributed by atoms with E-state index in [0.717, 1.165) is 23.2 Å². The van der Waals surface area contributed by atoms with Crippen molar-refractivity contribution in [1.29, 1.82) is 0 Å². The first-order chi connectivity index (χ1) is 13.8. The number of hydroxylamine groups is 1. The number of nitrogens with one attached hydrogen (secondary N) is 2. The molecule has 2 aromatic rings. The summed E-state index contributed by atoms with van der Waals surface area (Å²) >= 11 is 0. The monoisotopic (exact) mass is 395 g/mol. The molecule has 0 fully saturated rings. The van der Waals surface area contributed by atoms with E-state index in [0.29, 0.717) is 5.56 Å². The molecule has 0 spiro atoms. The number of aliphatic hydroxyl groups is 1. The number of carbonyl (C=O) groups excluding carboxylic acids is 2. The van der Waals surface area contributed by atoms with Gasteiger partial charge in [0, 0.05) is 23.2 Å². The molecule has 0 bridgehead atoms. The molecule has 0 saturated heterocycles. The van der Waals surface area contributed by atoms with E-state index in [4.69, 9.17) is 5.21 Å². The van der Waals surface area contributed by atoms with Crippen LogP contribution in [0.2, 0.25) is 0 Å².